The van der Waals surface area contributed by atoms with E-state index in [9.17, 15) is 19.2 Å². The summed E-state index contributed by atoms with van der Waals surface area (Å²) in [5.74, 6) is -2.64. The Balaban J connectivity index is 4.67. The van der Waals surface area contributed by atoms with E-state index in [4.69, 9.17) is 28.0 Å². The van der Waals surface area contributed by atoms with Crippen molar-refractivity contribution < 1.29 is 24.3 Å². The number of aliphatic hydroxyl groups excluding tert-OH is 1. The molecule has 12 N–H and O–H groups in total. The fourth-order valence-corrected chi connectivity index (χ4v) is 2.42. The van der Waals surface area contributed by atoms with E-state index in [1.54, 1.807) is 0 Å². The predicted octanol–water partition coefficient (Wildman–Crippen LogP) is -3.86. The van der Waals surface area contributed by atoms with Crippen LogP contribution in [0.1, 0.15) is 38.5 Å². The number of primary amides is 1. The molecule has 0 aliphatic carbocycles. The van der Waals surface area contributed by atoms with Crippen LogP contribution in [0, 0.1) is 0 Å². The van der Waals surface area contributed by atoms with Crippen molar-refractivity contribution in [2.24, 2.45) is 22.9 Å². The summed E-state index contributed by atoms with van der Waals surface area (Å²) in [5.41, 5.74) is 21.7. The van der Waals surface area contributed by atoms with Gasteiger partial charge in [-0.2, -0.15) is 0 Å². The first-order chi connectivity index (χ1) is 13.8. The number of aliphatic hydroxyl groups is 1. The average molecular weight is 418 g/mol. The molecule has 3 atom stereocenters. The number of nitrogens with two attached hydrogens (primary N) is 4. The van der Waals surface area contributed by atoms with Crippen LogP contribution in [0.25, 0.3) is 0 Å². The first-order valence-electron chi connectivity index (χ1n) is 9.70. The normalized spacial score (nSPS) is 13.8. The molecule has 0 rings (SSSR count). The van der Waals surface area contributed by atoms with Crippen molar-refractivity contribution in [2.75, 3.05) is 26.2 Å². The molecule has 0 saturated heterocycles. The Morgan fingerprint density at radius 3 is 1.93 bits per heavy atom. The second-order valence-corrected chi connectivity index (χ2v) is 6.66. The van der Waals surface area contributed by atoms with Crippen molar-refractivity contribution in [3.05, 3.63) is 0 Å². The van der Waals surface area contributed by atoms with Gasteiger partial charge in [-0.05, 0) is 45.2 Å². The first-order valence-corrected chi connectivity index (χ1v) is 9.70. The highest BCUT2D eigenvalue weighted by Gasteiger charge is 2.25. The molecular formula is C17H35N7O5. The van der Waals surface area contributed by atoms with Gasteiger partial charge in [0, 0.05) is 0 Å². The number of nitrogens with one attached hydrogen (secondary N) is 3. The molecule has 0 radical (unpaired) electrons. The fraction of sp³-hybridized carbons (Fsp3) is 0.765. The Morgan fingerprint density at radius 1 is 0.828 bits per heavy atom. The van der Waals surface area contributed by atoms with Gasteiger partial charge < -0.3 is 44.0 Å². The van der Waals surface area contributed by atoms with Crippen LogP contribution in [-0.4, -0.2) is 73.1 Å². The molecule has 12 nitrogen and oxygen atoms in total. The van der Waals surface area contributed by atoms with Crippen LogP contribution in [0.3, 0.4) is 0 Å². The molecule has 0 fully saturated rings. The molecule has 168 valence electrons. The van der Waals surface area contributed by atoms with E-state index in [0.717, 1.165) is 6.42 Å². The number of amides is 4. The average Bonchev–Trinajstić information content (AvgIpc) is 2.69. The molecule has 0 aromatic rings. The molecule has 0 spiro atoms. The zero-order valence-corrected chi connectivity index (χ0v) is 16.7. The van der Waals surface area contributed by atoms with E-state index in [0.29, 0.717) is 38.8 Å². The highest BCUT2D eigenvalue weighted by Crippen LogP contribution is 2.02. The molecule has 0 bridgehead atoms. The van der Waals surface area contributed by atoms with Gasteiger partial charge in [-0.25, -0.2) is 0 Å². The van der Waals surface area contributed by atoms with Gasteiger partial charge in [0.25, 0.3) is 0 Å². The lowest BCUT2D eigenvalue weighted by Gasteiger charge is -2.21. The van der Waals surface area contributed by atoms with Crippen LogP contribution in [-0.2, 0) is 19.2 Å². The Labute approximate surface area is 170 Å². The van der Waals surface area contributed by atoms with E-state index in [2.05, 4.69) is 16.0 Å². The van der Waals surface area contributed by atoms with Crippen LogP contribution >= 0.6 is 0 Å². The lowest BCUT2D eigenvalue weighted by molar-refractivity contribution is -0.132. The van der Waals surface area contributed by atoms with Crippen molar-refractivity contribution >= 4 is 23.6 Å². The van der Waals surface area contributed by atoms with Gasteiger partial charge in [-0.1, -0.05) is 6.42 Å². The van der Waals surface area contributed by atoms with E-state index in [-0.39, 0.29) is 13.0 Å². The molecule has 0 unspecified atom stereocenters. The number of carbonyl (C=O) groups is 4. The van der Waals surface area contributed by atoms with Gasteiger partial charge in [0.05, 0.1) is 19.2 Å². The minimum atomic E-state index is -1.26. The SMILES string of the molecule is NCCCC[C@H](NC(=O)CNC(=O)[C@@H](N)CCCCN)C(=O)N[C@@H](CO)C(N)=O. The third-order valence-electron chi connectivity index (χ3n) is 4.17. The Hall–Kier alpha value is -2.28. The number of hydrogen-bond acceptors (Lipinski definition) is 8. The number of hydrogen-bond donors (Lipinski definition) is 8. The molecule has 0 aromatic carbocycles. The van der Waals surface area contributed by atoms with Gasteiger partial charge >= 0.3 is 0 Å². The third-order valence-corrected chi connectivity index (χ3v) is 4.17. The largest absolute Gasteiger partial charge is 0.394 e. The van der Waals surface area contributed by atoms with Crippen molar-refractivity contribution in [1.29, 1.82) is 0 Å². The van der Waals surface area contributed by atoms with Crippen LogP contribution < -0.4 is 38.9 Å². The standard InChI is InChI=1S/C17H35N7O5/c18-7-3-1-5-11(20)16(28)22-9-14(26)23-12(6-2-4-8-19)17(29)24-13(10-25)15(21)27/h11-13,25H,1-10,18-20H2,(H2,21,27)(H,22,28)(H,23,26)(H,24,29)/t11-,12-,13-/m0/s1. The zero-order valence-electron chi connectivity index (χ0n) is 16.7. The minimum absolute atomic E-state index is 0.262. The maximum absolute atomic E-state index is 12.3. The van der Waals surface area contributed by atoms with Crippen molar-refractivity contribution in [1.82, 2.24) is 16.0 Å². The summed E-state index contributed by atoms with van der Waals surface area (Å²) >= 11 is 0. The summed E-state index contributed by atoms with van der Waals surface area (Å²) in [6.45, 7) is -0.0931. The van der Waals surface area contributed by atoms with Crippen molar-refractivity contribution in [3.8, 4) is 0 Å². The van der Waals surface area contributed by atoms with Gasteiger partial charge in [-0.15, -0.1) is 0 Å². The first kappa shape index (κ1) is 26.7. The summed E-state index contributed by atoms with van der Waals surface area (Å²) in [4.78, 5) is 47.6. The molecule has 0 heterocycles. The van der Waals surface area contributed by atoms with Crippen LogP contribution in [0.5, 0.6) is 0 Å². The van der Waals surface area contributed by atoms with Gasteiger partial charge in [0.1, 0.15) is 12.1 Å². The van der Waals surface area contributed by atoms with Crippen LogP contribution in [0.4, 0.5) is 0 Å². The summed E-state index contributed by atoms with van der Waals surface area (Å²) in [5, 5.41) is 16.3. The fourth-order valence-electron chi connectivity index (χ4n) is 2.42. The quantitative estimate of drug-likeness (QED) is 0.116. The van der Waals surface area contributed by atoms with Crippen LogP contribution in [0.2, 0.25) is 0 Å². The van der Waals surface area contributed by atoms with Gasteiger partial charge in [-0.3, -0.25) is 19.2 Å². The van der Waals surface area contributed by atoms with Gasteiger partial charge in [0.2, 0.25) is 23.6 Å². The van der Waals surface area contributed by atoms with Crippen LogP contribution in [0.15, 0.2) is 0 Å². The predicted molar refractivity (Wildman–Crippen MR) is 107 cm³/mol. The maximum Gasteiger partial charge on any atom is 0.243 e. The second-order valence-electron chi connectivity index (χ2n) is 6.66. The Morgan fingerprint density at radius 2 is 1.41 bits per heavy atom. The van der Waals surface area contributed by atoms with E-state index >= 15 is 0 Å². The Kier molecular flexibility index (Phi) is 14.4. The second kappa shape index (κ2) is 15.6. The zero-order chi connectivity index (χ0) is 22.2. The summed E-state index contributed by atoms with van der Waals surface area (Å²) < 4.78 is 0. The smallest absolute Gasteiger partial charge is 0.243 e. The lowest BCUT2D eigenvalue weighted by Crippen LogP contribution is -2.55. The maximum atomic E-state index is 12.3. The highest BCUT2D eigenvalue weighted by molar-refractivity contribution is 5.93. The number of carbonyl (C=O) groups excluding carboxylic acids is 4. The minimum Gasteiger partial charge on any atom is -0.394 e. The van der Waals surface area contributed by atoms with E-state index < -0.39 is 48.4 Å². The molecule has 0 aromatic heterocycles. The molecular weight excluding hydrogens is 382 g/mol. The monoisotopic (exact) mass is 417 g/mol. The molecule has 0 aliphatic rings. The molecule has 0 aliphatic heterocycles. The molecule has 12 heteroatoms. The van der Waals surface area contributed by atoms with Gasteiger partial charge in [0.15, 0.2) is 0 Å². The summed E-state index contributed by atoms with van der Waals surface area (Å²) in [6, 6.07) is -2.99. The Bertz CT molecular complexity index is 532. The summed E-state index contributed by atoms with van der Waals surface area (Å²) in [6.07, 6.45) is 3.34. The number of rotatable bonds is 16. The number of unbranched alkanes of at least 4 members (excludes halogenated alkanes) is 2. The highest BCUT2D eigenvalue weighted by atomic mass is 16.3. The molecule has 4 amide bonds. The summed E-state index contributed by atoms with van der Waals surface area (Å²) in [7, 11) is 0. The lowest BCUT2D eigenvalue weighted by atomic mass is 10.1. The van der Waals surface area contributed by atoms with Crippen molar-refractivity contribution in [3.63, 3.8) is 0 Å². The third kappa shape index (κ3) is 12.0. The molecule has 29 heavy (non-hydrogen) atoms. The molecule has 0 saturated carbocycles. The van der Waals surface area contributed by atoms with E-state index in [1.807, 2.05) is 0 Å². The van der Waals surface area contributed by atoms with Crippen molar-refractivity contribution in [2.45, 2.75) is 56.7 Å². The topological polar surface area (TPSA) is 229 Å². The van der Waals surface area contributed by atoms with E-state index in [1.165, 1.54) is 0 Å².